The molecule has 0 unspecified atom stereocenters. The minimum Gasteiger partial charge on any atom is -0.409 e. The zero-order valence-electron chi connectivity index (χ0n) is 10.9. The van der Waals surface area contributed by atoms with Crippen LogP contribution in [0.25, 0.3) is 0 Å². The third-order valence-corrected chi connectivity index (χ3v) is 3.88. The molecular formula is C12H14ClF3N4O. The summed E-state index contributed by atoms with van der Waals surface area (Å²) in [7, 11) is 0. The highest BCUT2D eigenvalue weighted by Gasteiger charge is 2.41. The van der Waals surface area contributed by atoms with Crippen molar-refractivity contribution in [3.63, 3.8) is 0 Å². The van der Waals surface area contributed by atoms with Gasteiger partial charge in [0.15, 0.2) is 5.84 Å². The Morgan fingerprint density at radius 3 is 2.57 bits per heavy atom. The minimum atomic E-state index is -4.17. The van der Waals surface area contributed by atoms with Crippen LogP contribution in [-0.2, 0) is 0 Å². The van der Waals surface area contributed by atoms with Crippen LogP contribution >= 0.6 is 11.6 Å². The van der Waals surface area contributed by atoms with Gasteiger partial charge in [-0.2, -0.15) is 13.2 Å². The second-order valence-corrected chi connectivity index (χ2v) is 5.16. The molecule has 0 aliphatic carbocycles. The van der Waals surface area contributed by atoms with E-state index in [1.165, 1.54) is 12.3 Å². The molecule has 0 saturated carbocycles. The number of rotatable bonds is 2. The van der Waals surface area contributed by atoms with Gasteiger partial charge in [-0.25, -0.2) is 4.98 Å². The van der Waals surface area contributed by atoms with Crippen molar-refractivity contribution < 1.29 is 18.4 Å². The number of nitrogens with two attached hydrogens (primary N) is 1. The van der Waals surface area contributed by atoms with Gasteiger partial charge in [-0.15, -0.1) is 0 Å². The van der Waals surface area contributed by atoms with Crippen LogP contribution in [0.1, 0.15) is 18.4 Å². The third kappa shape index (κ3) is 3.31. The van der Waals surface area contributed by atoms with E-state index in [-0.39, 0.29) is 36.8 Å². The van der Waals surface area contributed by atoms with Gasteiger partial charge in [-0.05, 0) is 18.9 Å². The molecule has 0 aromatic carbocycles. The highest BCUT2D eigenvalue weighted by atomic mass is 35.5. The van der Waals surface area contributed by atoms with E-state index >= 15 is 0 Å². The maximum absolute atomic E-state index is 12.6. The molecule has 1 aliphatic heterocycles. The average molecular weight is 323 g/mol. The number of hydrogen-bond acceptors (Lipinski definition) is 4. The predicted molar refractivity (Wildman–Crippen MR) is 72.7 cm³/mol. The van der Waals surface area contributed by atoms with Gasteiger partial charge in [0, 0.05) is 24.8 Å². The van der Waals surface area contributed by atoms with Crippen molar-refractivity contribution >= 4 is 23.3 Å². The number of amidine groups is 1. The Bertz CT molecular complexity index is 542. The quantitative estimate of drug-likeness (QED) is 0.380. The van der Waals surface area contributed by atoms with E-state index in [1.807, 2.05) is 0 Å². The molecule has 1 aromatic rings. The fourth-order valence-electron chi connectivity index (χ4n) is 2.32. The SMILES string of the molecule is N/C(=N/O)c1ccnc(N2CCC(C(F)(F)F)CC2)c1Cl. The van der Waals surface area contributed by atoms with E-state index < -0.39 is 12.1 Å². The summed E-state index contributed by atoms with van der Waals surface area (Å²) < 4.78 is 37.9. The molecule has 9 heteroatoms. The molecule has 5 nitrogen and oxygen atoms in total. The van der Waals surface area contributed by atoms with Gasteiger partial charge in [0.2, 0.25) is 0 Å². The molecule has 0 spiro atoms. The fourth-order valence-corrected chi connectivity index (χ4v) is 2.65. The van der Waals surface area contributed by atoms with Gasteiger partial charge in [-0.3, -0.25) is 0 Å². The van der Waals surface area contributed by atoms with Crippen LogP contribution in [0.3, 0.4) is 0 Å². The van der Waals surface area contributed by atoms with Gasteiger partial charge < -0.3 is 15.8 Å². The first kappa shape index (κ1) is 15.7. The Balaban J connectivity index is 2.18. The first-order valence-electron chi connectivity index (χ1n) is 6.28. The lowest BCUT2D eigenvalue weighted by Gasteiger charge is -2.34. The van der Waals surface area contributed by atoms with Gasteiger partial charge >= 0.3 is 6.18 Å². The lowest BCUT2D eigenvalue weighted by atomic mass is 9.96. The number of halogens is 4. The van der Waals surface area contributed by atoms with Gasteiger partial charge in [0.05, 0.1) is 10.9 Å². The molecule has 3 N–H and O–H groups in total. The Hall–Kier alpha value is -1.70. The van der Waals surface area contributed by atoms with Crippen molar-refractivity contribution in [1.29, 1.82) is 0 Å². The number of anilines is 1. The van der Waals surface area contributed by atoms with Crippen LogP contribution in [0.4, 0.5) is 19.0 Å². The molecule has 0 radical (unpaired) electrons. The summed E-state index contributed by atoms with van der Waals surface area (Å²) in [6.45, 7) is 0.410. The van der Waals surface area contributed by atoms with E-state index in [2.05, 4.69) is 10.1 Å². The third-order valence-electron chi connectivity index (χ3n) is 3.51. The van der Waals surface area contributed by atoms with Crippen LogP contribution in [0.5, 0.6) is 0 Å². The summed E-state index contributed by atoms with van der Waals surface area (Å²) in [4.78, 5) is 5.77. The van der Waals surface area contributed by atoms with E-state index in [0.717, 1.165) is 0 Å². The summed E-state index contributed by atoms with van der Waals surface area (Å²) in [5.41, 5.74) is 5.79. The normalized spacial score (nSPS) is 18.1. The van der Waals surface area contributed by atoms with E-state index in [0.29, 0.717) is 11.4 Å². The van der Waals surface area contributed by atoms with Crippen molar-refractivity contribution in [1.82, 2.24) is 4.98 Å². The predicted octanol–water partition coefficient (Wildman–Crippen LogP) is 2.61. The molecule has 21 heavy (non-hydrogen) atoms. The van der Waals surface area contributed by atoms with E-state index in [1.54, 1.807) is 4.90 Å². The highest BCUT2D eigenvalue weighted by Crippen LogP contribution is 2.36. The zero-order chi connectivity index (χ0) is 15.6. The van der Waals surface area contributed by atoms with E-state index in [9.17, 15) is 13.2 Å². The number of alkyl halides is 3. The lowest BCUT2D eigenvalue weighted by Crippen LogP contribution is -2.39. The number of hydrogen-bond donors (Lipinski definition) is 2. The maximum Gasteiger partial charge on any atom is 0.391 e. The molecule has 1 aromatic heterocycles. The molecule has 0 amide bonds. The van der Waals surface area contributed by atoms with Crippen LogP contribution in [-0.4, -0.2) is 35.3 Å². The second-order valence-electron chi connectivity index (χ2n) is 4.78. The summed E-state index contributed by atoms with van der Waals surface area (Å²) in [5, 5.41) is 11.7. The summed E-state index contributed by atoms with van der Waals surface area (Å²) in [6, 6.07) is 1.48. The Labute approximate surface area is 124 Å². The first-order chi connectivity index (χ1) is 9.84. The fraction of sp³-hybridized carbons (Fsp3) is 0.500. The largest absolute Gasteiger partial charge is 0.409 e. The molecule has 1 aliphatic rings. The maximum atomic E-state index is 12.6. The van der Waals surface area contributed by atoms with Gasteiger partial charge in [0.25, 0.3) is 0 Å². The molecule has 2 heterocycles. The van der Waals surface area contributed by atoms with Crippen LogP contribution in [0.2, 0.25) is 5.02 Å². The molecular weight excluding hydrogens is 309 g/mol. The minimum absolute atomic E-state index is 0.00465. The number of piperidine rings is 1. The van der Waals surface area contributed by atoms with Crippen LogP contribution in [0, 0.1) is 5.92 Å². The average Bonchev–Trinajstić information content (AvgIpc) is 2.46. The number of pyridine rings is 1. The second kappa shape index (κ2) is 5.97. The van der Waals surface area contributed by atoms with Gasteiger partial charge in [-0.1, -0.05) is 16.8 Å². The topological polar surface area (TPSA) is 74.7 Å². The Morgan fingerprint density at radius 2 is 2.05 bits per heavy atom. The molecule has 116 valence electrons. The summed E-state index contributed by atoms with van der Waals surface area (Å²) in [5.74, 6) is -1.12. The highest BCUT2D eigenvalue weighted by molar-refractivity contribution is 6.36. The van der Waals surface area contributed by atoms with Crippen molar-refractivity contribution in [3.8, 4) is 0 Å². The Kier molecular flexibility index (Phi) is 4.46. The molecule has 1 fully saturated rings. The molecule has 1 saturated heterocycles. The molecule has 2 rings (SSSR count). The lowest BCUT2D eigenvalue weighted by molar-refractivity contribution is -0.179. The Morgan fingerprint density at radius 1 is 1.43 bits per heavy atom. The van der Waals surface area contributed by atoms with Crippen molar-refractivity contribution in [2.75, 3.05) is 18.0 Å². The number of nitrogens with zero attached hydrogens (tertiary/aromatic N) is 3. The molecule has 0 atom stereocenters. The van der Waals surface area contributed by atoms with Gasteiger partial charge in [0.1, 0.15) is 5.82 Å². The van der Waals surface area contributed by atoms with Crippen LogP contribution < -0.4 is 10.6 Å². The van der Waals surface area contributed by atoms with Crippen molar-refractivity contribution in [2.45, 2.75) is 19.0 Å². The molecule has 0 bridgehead atoms. The number of oxime groups is 1. The van der Waals surface area contributed by atoms with Crippen molar-refractivity contribution in [3.05, 3.63) is 22.8 Å². The first-order valence-corrected chi connectivity index (χ1v) is 6.66. The number of aromatic nitrogens is 1. The summed E-state index contributed by atoms with van der Waals surface area (Å²) in [6.07, 6.45) is -2.76. The van der Waals surface area contributed by atoms with Crippen LogP contribution in [0.15, 0.2) is 17.4 Å². The van der Waals surface area contributed by atoms with Crippen molar-refractivity contribution in [2.24, 2.45) is 16.8 Å². The zero-order valence-corrected chi connectivity index (χ0v) is 11.7. The smallest absolute Gasteiger partial charge is 0.391 e. The summed E-state index contributed by atoms with van der Waals surface area (Å²) >= 11 is 6.14. The standard InChI is InChI=1S/C12H14ClF3N4O/c13-9-8(10(17)19-21)1-4-18-11(9)20-5-2-7(3-6-20)12(14,15)16/h1,4,7,21H,2-3,5-6H2,(H2,17,19). The monoisotopic (exact) mass is 322 g/mol. The van der Waals surface area contributed by atoms with E-state index in [4.69, 9.17) is 22.5 Å².